The molecular weight excluding hydrogens is 452 g/mol. The Morgan fingerprint density at radius 3 is 1.94 bits per heavy atom. The van der Waals surface area contributed by atoms with Gasteiger partial charge in [-0.2, -0.15) is 0 Å². The van der Waals surface area contributed by atoms with Gasteiger partial charge in [-0.15, -0.1) is 0 Å². The van der Waals surface area contributed by atoms with E-state index in [1.165, 1.54) is 4.90 Å². The Morgan fingerprint density at radius 2 is 1.42 bits per heavy atom. The van der Waals surface area contributed by atoms with Crippen LogP contribution in [-0.2, 0) is 15.2 Å². The van der Waals surface area contributed by atoms with Crippen LogP contribution in [0.25, 0.3) is 0 Å². The molecule has 2 aliphatic heterocycles. The summed E-state index contributed by atoms with van der Waals surface area (Å²) in [4.78, 5) is 29.6. The van der Waals surface area contributed by atoms with Crippen LogP contribution < -0.4 is 9.64 Å². The predicted octanol–water partition coefficient (Wildman–Crippen LogP) is 4.37. The van der Waals surface area contributed by atoms with Gasteiger partial charge in [0.05, 0.1) is 24.8 Å². The summed E-state index contributed by atoms with van der Waals surface area (Å²) in [6.07, 6.45) is 1.63. The van der Waals surface area contributed by atoms with E-state index >= 15 is 0 Å². The van der Waals surface area contributed by atoms with Gasteiger partial charge in [0.25, 0.3) is 5.91 Å². The monoisotopic (exact) mass is 484 g/mol. The minimum atomic E-state index is -1.11. The van der Waals surface area contributed by atoms with Crippen LogP contribution in [0.3, 0.4) is 0 Å². The fourth-order valence-corrected chi connectivity index (χ4v) is 5.68. The number of aliphatic hydroxyl groups is 1. The maximum Gasteiger partial charge on any atom is 0.251 e. The van der Waals surface area contributed by atoms with E-state index in [-0.39, 0.29) is 24.2 Å². The Balaban J connectivity index is 1.31. The molecule has 0 spiro atoms. The van der Waals surface area contributed by atoms with Crippen LogP contribution in [0, 0.1) is 5.92 Å². The molecule has 2 fully saturated rings. The van der Waals surface area contributed by atoms with Gasteiger partial charge in [-0.05, 0) is 74.2 Å². The Labute approximate surface area is 212 Å². The van der Waals surface area contributed by atoms with Gasteiger partial charge in [-0.3, -0.25) is 14.5 Å². The molecule has 186 valence electrons. The largest absolute Gasteiger partial charge is 0.494 e. The number of rotatable bonds is 7. The van der Waals surface area contributed by atoms with Crippen LogP contribution in [0.1, 0.15) is 37.3 Å². The van der Waals surface area contributed by atoms with Crippen molar-refractivity contribution in [1.29, 1.82) is 0 Å². The first-order valence-corrected chi connectivity index (χ1v) is 12.7. The highest BCUT2D eigenvalue weighted by Crippen LogP contribution is 2.42. The number of likely N-dealkylation sites (tertiary alicyclic amines) is 1. The van der Waals surface area contributed by atoms with Crippen molar-refractivity contribution in [2.24, 2.45) is 5.92 Å². The van der Waals surface area contributed by atoms with E-state index in [1.54, 1.807) is 24.3 Å². The molecule has 0 aromatic heterocycles. The Bertz CT molecular complexity index is 1150. The molecular formula is C30H32N2O4. The molecule has 0 saturated carbocycles. The molecule has 3 aromatic rings. The number of nitrogens with zero attached hydrogens (tertiary/aromatic N) is 2. The molecule has 0 radical (unpaired) electrons. The van der Waals surface area contributed by atoms with Gasteiger partial charge in [0.15, 0.2) is 0 Å². The summed E-state index contributed by atoms with van der Waals surface area (Å²) in [5.41, 5.74) is 1.22. The number of amides is 2. The van der Waals surface area contributed by atoms with Crippen molar-refractivity contribution < 1.29 is 19.4 Å². The van der Waals surface area contributed by atoms with Crippen molar-refractivity contribution >= 4 is 17.5 Å². The standard InChI is InChI=1S/C30H32N2O4/c1-2-36-26-15-13-25(14-16-26)32-28(33)21-27(29(32)34)31-19-17-24(18-20-31)30(35,22-9-5-3-6-10-22)23-11-7-4-8-12-23/h3-16,24,27,35H,2,17-21H2,1H3/t27-/m0/s1. The second-order valence-electron chi connectivity index (χ2n) is 9.52. The van der Waals surface area contributed by atoms with Crippen LogP contribution in [0.5, 0.6) is 5.75 Å². The minimum Gasteiger partial charge on any atom is -0.494 e. The zero-order valence-corrected chi connectivity index (χ0v) is 20.5. The number of carbonyl (C=O) groups excluding carboxylic acids is 2. The summed E-state index contributed by atoms with van der Waals surface area (Å²) in [6.45, 7) is 3.76. The van der Waals surface area contributed by atoms with Gasteiger partial charge in [0.1, 0.15) is 11.4 Å². The van der Waals surface area contributed by atoms with Crippen molar-refractivity contribution in [3.63, 3.8) is 0 Å². The lowest BCUT2D eigenvalue weighted by Crippen LogP contribution is -2.49. The molecule has 6 heteroatoms. The highest BCUT2D eigenvalue weighted by molar-refractivity contribution is 6.22. The first-order chi connectivity index (χ1) is 17.5. The molecule has 36 heavy (non-hydrogen) atoms. The first kappa shape index (κ1) is 24.2. The van der Waals surface area contributed by atoms with Gasteiger partial charge in [-0.25, -0.2) is 4.90 Å². The van der Waals surface area contributed by atoms with E-state index in [9.17, 15) is 14.7 Å². The number of ether oxygens (including phenoxy) is 1. The van der Waals surface area contributed by atoms with Crippen molar-refractivity contribution in [2.75, 3.05) is 24.6 Å². The topological polar surface area (TPSA) is 70.1 Å². The molecule has 6 nitrogen and oxygen atoms in total. The molecule has 1 atom stereocenters. The zero-order valence-electron chi connectivity index (χ0n) is 20.5. The molecule has 2 heterocycles. The Kier molecular flexibility index (Phi) is 6.90. The first-order valence-electron chi connectivity index (χ1n) is 12.7. The van der Waals surface area contributed by atoms with Gasteiger partial charge < -0.3 is 9.84 Å². The number of piperidine rings is 1. The van der Waals surface area contributed by atoms with E-state index in [0.717, 1.165) is 24.0 Å². The van der Waals surface area contributed by atoms with E-state index < -0.39 is 11.6 Å². The number of imide groups is 1. The zero-order chi connectivity index (χ0) is 25.1. The average molecular weight is 485 g/mol. The fourth-order valence-electron chi connectivity index (χ4n) is 5.68. The number of carbonyl (C=O) groups is 2. The summed E-state index contributed by atoms with van der Waals surface area (Å²) in [7, 11) is 0. The quantitative estimate of drug-likeness (QED) is 0.505. The second-order valence-corrected chi connectivity index (χ2v) is 9.52. The molecule has 0 bridgehead atoms. The predicted molar refractivity (Wildman–Crippen MR) is 139 cm³/mol. The van der Waals surface area contributed by atoms with Gasteiger partial charge >= 0.3 is 0 Å². The molecule has 3 aromatic carbocycles. The van der Waals surface area contributed by atoms with Gasteiger partial charge in [0, 0.05) is 0 Å². The van der Waals surface area contributed by atoms with Crippen LogP contribution in [-0.4, -0.2) is 47.6 Å². The molecule has 2 amide bonds. The van der Waals surface area contributed by atoms with E-state index in [1.807, 2.05) is 67.6 Å². The van der Waals surface area contributed by atoms with Crippen LogP contribution in [0.4, 0.5) is 5.69 Å². The minimum absolute atomic E-state index is 0.00651. The SMILES string of the molecule is CCOc1ccc(N2C(=O)C[C@H](N3CCC(C(O)(c4ccccc4)c4ccccc4)CC3)C2=O)cc1. The lowest BCUT2D eigenvalue weighted by molar-refractivity contribution is -0.123. The van der Waals surface area contributed by atoms with Crippen LogP contribution in [0.2, 0.25) is 0 Å². The van der Waals surface area contributed by atoms with Gasteiger partial charge in [-0.1, -0.05) is 60.7 Å². The molecule has 2 aliphatic rings. The average Bonchev–Trinajstić information content (AvgIpc) is 3.23. The highest BCUT2D eigenvalue weighted by atomic mass is 16.5. The molecule has 0 unspecified atom stereocenters. The lowest BCUT2D eigenvalue weighted by Gasteiger charge is -2.43. The van der Waals surface area contributed by atoms with Crippen molar-refractivity contribution in [3.05, 3.63) is 96.1 Å². The van der Waals surface area contributed by atoms with Crippen LogP contribution >= 0.6 is 0 Å². The lowest BCUT2D eigenvalue weighted by atomic mass is 9.72. The van der Waals surface area contributed by atoms with Crippen molar-refractivity contribution in [2.45, 2.75) is 37.8 Å². The summed E-state index contributed by atoms with van der Waals surface area (Å²) in [5.74, 6) is 0.349. The molecule has 1 N–H and O–H groups in total. The van der Waals surface area contributed by atoms with Crippen molar-refractivity contribution in [3.8, 4) is 5.75 Å². The number of hydrogen-bond donors (Lipinski definition) is 1. The van der Waals surface area contributed by atoms with E-state index in [2.05, 4.69) is 4.90 Å². The number of anilines is 1. The highest BCUT2D eigenvalue weighted by Gasteiger charge is 2.46. The van der Waals surface area contributed by atoms with E-state index in [4.69, 9.17) is 4.74 Å². The van der Waals surface area contributed by atoms with Crippen molar-refractivity contribution in [1.82, 2.24) is 4.90 Å². The fraction of sp³-hybridized carbons (Fsp3) is 0.333. The van der Waals surface area contributed by atoms with E-state index in [0.29, 0.717) is 31.1 Å². The Hall–Kier alpha value is -3.48. The number of benzene rings is 3. The normalized spacial score (nSPS) is 19.6. The number of hydrogen-bond acceptors (Lipinski definition) is 5. The van der Waals surface area contributed by atoms with Gasteiger partial charge in [0.2, 0.25) is 5.91 Å². The third kappa shape index (κ3) is 4.43. The third-order valence-corrected chi connectivity index (χ3v) is 7.52. The molecule has 5 rings (SSSR count). The van der Waals surface area contributed by atoms with Crippen LogP contribution in [0.15, 0.2) is 84.9 Å². The second kappa shape index (κ2) is 10.2. The maximum absolute atomic E-state index is 13.3. The maximum atomic E-state index is 13.3. The summed E-state index contributed by atoms with van der Waals surface area (Å²) >= 11 is 0. The molecule has 2 saturated heterocycles. The summed E-state index contributed by atoms with van der Waals surface area (Å²) in [6, 6.07) is 26.3. The summed E-state index contributed by atoms with van der Waals surface area (Å²) < 4.78 is 5.48. The third-order valence-electron chi connectivity index (χ3n) is 7.52. The smallest absolute Gasteiger partial charge is 0.251 e. The summed E-state index contributed by atoms with van der Waals surface area (Å²) in [5, 5.41) is 12.1. The Morgan fingerprint density at radius 1 is 0.861 bits per heavy atom. The molecule has 0 aliphatic carbocycles.